The van der Waals surface area contributed by atoms with Crippen molar-refractivity contribution in [2.75, 3.05) is 20.3 Å². The molecule has 3 aromatic carbocycles. The maximum Gasteiger partial charge on any atom is 0.160 e. The van der Waals surface area contributed by atoms with E-state index in [4.69, 9.17) is 9.47 Å². The second-order valence-corrected chi connectivity index (χ2v) is 10.6. The summed E-state index contributed by atoms with van der Waals surface area (Å²) in [4.78, 5) is 17.6. The highest BCUT2D eigenvalue weighted by Crippen LogP contribution is 2.24. The molecule has 0 aliphatic carbocycles. The third-order valence-corrected chi connectivity index (χ3v) is 7.55. The van der Waals surface area contributed by atoms with Crippen LogP contribution in [0.3, 0.4) is 0 Å². The highest BCUT2D eigenvalue weighted by atomic mass is 32.2. The molecule has 0 radical (unpaired) electrons. The Bertz CT molecular complexity index is 1410. The number of carbonyl (C=O) groups excluding carboxylic acids is 1. The molecule has 0 bridgehead atoms. The first-order valence-corrected chi connectivity index (χ1v) is 14.4. The van der Waals surface area contributed by atoms with Crippen molar-refractivity contribution in [1.29, 1.82) is 0 Å². The lowest BCUT2D eigenvalue weighted by Gasteiger charge is -2.07. The molecule has 39 heavy (non-hydrogen) atoms. The lowest BCUT2D eigenvalue weighted by atomic mass is 10.0. The molecule has 202 valence electrons. The minimum Gasteiger partial charge on any atom is -0.491 e. The van der Waals surface area contributed by atoms with Crippen LogP contribution in [0.1, 0.15) is 30.2 Å². The Kier molecular flexibility index (Phi) is 10.4. The molecule has 0 fully saturated rings. The second kappa shape index (κ2) is 14.4. The van der Waals surface area contributed by atoms with E-state index in [1.54, 1.807) is 25.7 Å². The lowest BCUT2D eigenvalue weighted by Crippen LogP contribution is -2.05. The Morgan fingerprint density at radius 2 is 1.79 bits per heavy atom. The first kappa shape index (κ1) is 28.2. The summed E-state index contributed by atoms with van der Waals surface area (Å²) >= 11 is 0. The highest BCUT2D eigenvalue weighted by Gasteiger charge is 2.10. The van der Waals surface area contributed by atoms with E-state index in [0.29, 0.717) is 19.0 Å². The van der Waals surface area contributed by atoms with Crippen molar-refractivity contribution >= 4 is 22.7 Å². The smallest absolute Gasteiger partial charge is 0.160 e. The molecule has 7 heteroatoms. The van der Waals surface area contributed by atoms with E-state index in [2.05, 4.69) is 18.0 Å². The van der Waals surface area contributed by atoms with Crippen LogP contribution < -0.4 is 4.74 Å². The summed E-state index contributed by atoms with van der Waals surface area (Å²) in [5.74, 6) is 1.23. The van der Waals surface area contributed by atoms with Gasteiger partial charge in [-0.25, -0.2) is 4.98 Å². The van der Waals surface area contributed by atoms with Gasteiger partial charge in [-0.2, -0.15) is 0 Å². The SMILES string of the molecule is CCCn1cncc1CS(=O)c1ccc(CC(=O)/C=C/c2cccc(-c3ccc(OCCOC)cc3)c2)cc1. The number of ether oxygens (including phenoxy) is 2. The number of aryl methyl sites for hydroxylation is 1. The lowest BCUT2D eigenvalue weighted by molar-refractivity contribution is -0.113. The topological polar surface area (TPSA) is 70.4 Å². The summed E-state index contributed by atoms with van der Waals surface area (Å²) in [5.41, 5.74) is 4.95. The van der Waals surface area contributed by atoms with Crippen molar-refractivity contribution in [3.8, 4) is 16.9 Å². The Labute approximate surface area is 232 Å². The molecular weight excluding hydrogens is 508 g/mol. The average Bonchev–Trinajstić information content (AvgIpc) is 3.39. The Morgan fingerprint density at radius 3 is 2.54 bits per heavy atom. The molecule has 0 saturated heterocycles. The van der Waals surface area contributed by atoms with Crippen LogP contribution in [0.4, 0.5) is 0 Å². The molecule has 0 aliphatic heterocycles. The molecule has 0 spiro atoms. The number of imidazole rings is 1. The zero-order chi connectivity index (χ0) is 27.5. The van der Waals surface area contributed by atoms with Crippen LogP contribution in [0.2, 0.25) is 0 Å². The summed E-state index contributed by atoms with van der Waals surface area (Å²) in [6.07, 6.45) is 8.31. The molecule has 1 heterocycles. The third kappa shape index (κ3) is 8.34. The summed E-state index contributed by atoms with van der Waals surface area (Å²) in [6.45, 7) is 4.03. The number of ketones is 1. The minimum atomic E-state index is -1.17. The van der Waals surface area contributed by atoms with E-state index in [0.717, 1.165) is 51.6 Å². The van der Waals surface area contributed by atoms with Crippen molar-refractivity contribution in [2.45, 2.75) is 37.0 Å². The van der Waals surface area contributed by atoms with E-state index in [1.807, 2.05) is 77.4 Å². The van der Waals surface area contributed by atoms with Gasteiger partial charge in [0.15, 0.2) is 5.78 Å². The van der Waals surface area contributed by atoms with Crippen LogP contribution in [0, 0.1) is 0 Å². The molecule has 0 amide bonds. The van der Waals surface area contributed by atoms with Gasteiger partial charge in [0.1, 0.15) is 12.4 Å². The number of nitrogens with zero attached hydrogens (tertiary/aromatic N) is 2. The summed E-state index contributed by atoms with van der Waals surface area (Å²) in [7, 11) is 0.480. The predicted octanol–water partition coefficient (Wildman–Crippen LogP) is 6.12. The quantitative estimate of drug-likeness (QED) is 0.142. The van der Waals surface area contributed by atoms with Gasteiger partial charge in [-0.15, -0.1) is 0 Å². The number of benzene rings is 3. The third-order valence-electron chi connectivity index (χ3n) is 6.20. The molecule has 0 saturated carbocycles. The summed E-state index contributed by atoms with van der Waals surface area (Å²) in [6, 6.07) is 23.4. The summed E-state index contributed by atoms with van der Waals surface area (Å²) < 4.78 is 25.5. The maximum absolute atomic E-state index is 12.8. The van der Waals surface area contributed by atoms with E-state index >= 15 is 0 Å². The first-order valence-electron chi connectivity index (χ1n) is 13.0. The minimum absolute atomic E-state index is 0.00954. The van der Waals surface area contributed by atoms with E-state index in [1.165, 1.54) is 0 Å². The van der Waals surface area contributed by atoms with Gasteiger partial charge in [0.05, 0.1) is 35.2 Å². The van der Waals surface area contributed by atoms with Crippen LogP contribution in [-0.2, 0) is 39.0 Å². The largest absolute Gasteiger partial charge is 0.491 e. The second-order valence-electron chi connectivity index (χ2n) is 9.18. The number of aromatic nitrogens is 2. The molecule has 4 rings (SSSR count). The number of allylic oxidation sites excluding steroid dienone is 1. The van der Waals surface area contributed by atoms with Crippen molar-refractivity contribution in [1.82, 2.24) is 9.55 Å². The molecule has 0 aliphatic rings. The fourth-order valence-corrected chi connectivity index (χ4v) is 5.26. The number of carbonyl (C=O) groups is 1. The standard InChI is InChI=1S/C32H34N2O4S/c1-3-17-34-24-33-22-29(34)23-39(36)32-15-8-26(9-16-32)21-30(35)12-7-25-5-4-6-28(20-25)27-10-13-31(14-11-27)38-19-18-37-2/h4-16,20,22,24H,3,17-19,21,23H2,1-2H3/b12-7+. The van der Waals surface area contributed by atoms with Gasteiger partial charge in [-0.3, -0.25) is 9.00 Å². The van der Waals surface area contributed by atoms with Gasteiger partial charge >= 0.3 is 0 Å². The average molecular weight is 543 g/mol. The van der Waals surface area contributed by atoms with Crippen LogP contribution in [0.25, 0.3) is 17.2 Å². The van der Waals surface area contributed by atoms with E-state index < -0.39 is 10.8 Å². The Balaban J connectivity index is 1.32. The Hall–Kier alpha value is -3.81. The van der Waals surface area contributed by atoms with Crippen LogP contribution in [-0.4, -0.2) is 39.9 Å². The number of methoxy groups -OCH3 is 1. The van der Waals surface area contributed by atoms with Crippen LogP contribution >= 0.6 is 0 Å². The van der Waals surface area contributed by atoms with Gasteiger partial charge in [-0.05, 0) is 65.1 Å². The fourth-order valence-electron chi connectivity index (χ4n) is 4.14. The van der Waals surface area contributed by atoms with Crippen molar-refractivity contribution in [2.24, 2.45) is 0 Å². The van der Waals surface area contributed by atoms with Gasteiger partial charge in [0.2, 0.25) is 0 Å². The van der Waals surface area contributed by atoms with Crippen molar-refractivity contribution in [3.63, 3.8) is 0 Å². The molecular formula is C32H34N2O4S. The number of hydrogen-bond donors (Lipinski definition) is 0. The normalized spacial score (nSPS) is 12.1. The monoisotopic (exact) mass is 542 g/mol. The van der Waals surface area contributed by atoms with Crippen LogP contribution in [0.5, 0.6) is 5.75 Å². The van der Waals surface area contributed by atoms with E-state index in [-0.39, 0.29) is 12.2 Å². The molecule has 0 N–H and O–H groups in total. The highest BCUT2D eigenvalue weighted by molar-refractivity contribution is 7.84. The van der Waals surface area contributed by atoms with Crippen molar-refractivity contribution < 1.29 is 18.5 Å². The van der Waals surface area contributed by atoms with Gasteiger partial charge in [0, 0.05) is 31.2 Å². The number of rotatable bonds is 14. The molecule has 4 aromatic rings. The maximum atomic E-state index is 12.8. The molecule has 1 unspecified atom stereocenters. The van der Waals surface area contributed by atoms with Gasteiger partial charge in [-0.1, -0.05) is 55.5 Å². The number of hydrogen-bond acceptors (Lipinski definition) is 5. The summed E-state index contributed by atoms with van der Waals surface area (Å²) in [5, 5.41) is 0. The molecule has 1 atom stereocenters. The molecule has 1 aromatic heterocycles. The van der Waals surface area contributed by atoms with Crippen LogP contribution in [0.15, 0.2) is 96.3 Å². The fraction of sp³-hybridized carbons (Fsp3) is 0.250. The van der Waals surface area contributed by atoms with E-state index in [9.17, 15) is 9.00 Å². The Morgan fingerprint density at radius 1 is 1.00 bits per heavy atom. The first-order chi connectivity index (χ1) is 19.1. The predicted molar refractivity (Wildman–Crippen MR) is 156 cm³/mol. The van der Waals surface area contributed by atoms with Gasteiger partial charge < -0.3 is 14.0 Å². The van der Waals surface area contributed by atoms with Gasteiger partial charge in [0.25, 0.3) is 0 Å². The molecule has 6 nitrogen and oxygen atoms in total. The zero-order valence-electron chi connectivity index (χ0n) is 22.4. The van der Waals surface area contributed by atoms with Crippen molar-refractivity contribution in [3.05, 3.63) is 108 Å². The zero-order valence-corrected chi connectivity index (χ0v) is 23.2.